The van der Waals surface area contributed by atoms with E-state index in [1.807, 2.05) is 11.8 Å². The van der Waals surface area contributed by atoms with Crippen LogP contribution >= 0.6 is 36.6 Å². The van der Waals surface area contributed by atoms with Crippen LogP contribution < -0.4 is 10.1 Å². The standard InChI is InChI=1S/C24H30FN3OS.2ClH.H2O/c1-18-4-9-23-19(16-18)17-30-24(27-23)26-21-10-13-28(14-11-21)12-2-3-15-29-22-7-5-20(25)6-8-22;;;/h4-9,16,21H,2-3,10-15,17H2,1H3,(H,26,27);2*1H;1H2. The number of likely N-dealkylation sites (tertiary alicyclic amines) is 1. The fourth-order valence-electron chi connectivity index (χ4n) is 3.93. The van der Waals surface area contributed by atoms with Crippen LogP contribution in [0.15, 0.2) is 47.5 Å². The van der Waals surface area contributed by atoms with E-state index in [1.54, 1.807) is 12.1 Å². The minimum absolute atomic E-state index is 0. The van der Waals surface area contributed by atoms with Crippen LogP contribution in [0.25, 0.3) is 0 Å². The van der Waals surface area contributed by atoms with Crippen molar-refractivity contribution in [1.29, 1.82) is 0 Å². The van der Waals surface area contributed by atoms with Gasteiger partial charge in [-0.25, -0.2) is 4.39 Å². The number of benzene rings is 2. The first-order valence-electron chi connectivity index (χ1n) is 10.8. The van der Waals surface area contributed by atoms with Crippen LogP contribution in [0.2, 0.25) is 0 Å². The van der Waals surface area contributed by atoms with Crippen molar-refractivity contribution >= 4 is 47.4 Å². The van der Waals surface area contributed by atoms with Gasteiger partial charge in [-0.3, -0.25) is 4.99 Å². The predicted molar refractivity (Wildman–Crippen MR) is 142 cm³/mol. The van der Waals surface area contributed by atoms with Crippen molar-refractivity contribution in [3.05, 3.63) is 59.4 Å². The summed E-state index contributed by atoms with van der Waals surface area (Å²) in [6.07, 6.45) is 4.38. The van der Waals surface area contributed by atoms with Gasteiger partial charge in [-0.15, -0.1) is 24.8 Å². The van der Waals surface area contributed by atoms with E-state index < -0.39 is 0 Å². The zero-order valence-electron chi connectivity index (χ0n) is 18.9. The summed E-state index contributed by atoms with van der Waals surface area (Å²) in [5.74, 6) is 1.51. The number of thioether (sulfide) groups is 1. The molecule has 0 amide bonds. The van der Waals surface area contributed by atoms with Crippen LogP contribution in [0.5, 0.6) is 5.75 Å². The second-order valence-corrected chi connectivity index (χ2v) is 9.05. The molecule has 0 aliphatic carbocycles. The first kappa shape index (κ1) is 29.5. The molecule has 184 valence electrons. The summed E-state index contributed by atoms with van der Waals surface area (Å²) in [7, 11) is 0. The molecule has 2 aromatic rings. The molecule has 2 aliphatic heterocycles. The minimum Gasteiger partial charge on any atom is -0.494 e. The number of aryl methyl sites for hydroxylation is 1. The smallest absolute Gasteiger partial charge is 0.161 e. The molecule has 33 heavy (non-hydrogen) atoms. The fraction of sp³-hybridized carbons (Fsp3) is 0.458. The van der Waals surface area contributed by atoms with Crippen molar-refractivity contribution in [2.45, 2.75) is 44.4 Å². The minimum atomic E-state index is -0.228. The van der Waals surface area contributed by atoms with Gasteiger partial charge in [-0.1, -0.05) is 29.5 Å². The Kier molecular flexibility index (Phi) is 13.1. The molecule has 1 fully saturated rings. The monoisotopic (exact) mass is 517 g/mol. The molecule has 0 radical (unpaired) electrons. The van der Waals surface area contributed by atoms with Crippen LogP contribution in [0.1, 0.15) is 36.8 Å². The van der Waals surface area contributed by atoms with Crippen molar-refractivity contribution < 1.29 is 14.6 Å². The lowest BCUT2D eigenvalue weighted by Gasteiger charge is -2.31. The second-order valence-electron chi connectivity index (χ2n) is 8.09. The lowest BCUT2D eigenvalue weighted by Crippen LogP contribution is -2.36. The van der Waals surface area contributed by atoms with Crippen LogP contribution in [-0.2, 0) is 5.75 Å². The number of ether oxygens (including phenoxy) is 1. The number of rotatable bonds is 7. The SMILES string of the molecule is Cc1ccc2c(c1)CSC(=NC1CCN(CCCCOc3ccc(F)cc3)CC1)N2.Cl.Cl.O. The van der Waals surface area contributed by atoms with Crippen LogP contribution in [0, 0.1) is 12.7 Å². The molecule has 5 nitrogen and oxygen atoms in total. The maximum absolute atomic E-state index is 12.9. The molecule has 1 saturated heterocycles. The summed E-state index contributed by atoms with van der Waals surface area (Å²) in [6.45, 7) is 6.15. The van der Waals surface area contributed by atoms with Gasteiger partial charge in [0.25, 0.3) is 0 Å². The van der Waals surface area contributed by atoms with Crippen molar-refractivity contribution in [2.24, 2.45) is 4.99 Å². The average Bonchev–Trinajstić information content (AvgIpc) is 2.76. The lowest BCUT2D eigenvalue weighted by molar-refractivity contribution is 0.203. The highest BCUT2D eigenvalue weighted by molar-refractivity contribution is 8.13. The van der Waals surface area contributed by atoms with E-state index in [4.69, 9.17) is 9.73 Å². The van der Waals surface area contributed by atoms with Gasteiger partial charge in [0.15, 0.2) is 5.17 Å². The Morgan fingerprint density at radius 2 is 1.82 bits per heavy atom. The third-order valence-corrected chi connectivity index (χ3v) is 6.61. The molecule has 2 heterocycles. The molecule has 2 aliphatic rings. The van der Waals surface area contributed by atoms with E-state index in [0.717, 1.165) is 62.0 Å². The van der Waals surface area contributed by atoms with E-state index in [0.29, 0.717) is 12.6 Å². The number of unbranched alkanes of at least 4 members (excludes halogenated alkanes) is 1. The highest BCUT2D eigenvalue weighted by Crippen LogP contribution is 2.30. The molecule has 4 rings (SSSR count). The summed E-state index contributed by atoms with van der Waals surface area (Å²) in [6, 6.07) is 13.2. The highest BCUT2D eigenvalue weighted by atomic mass is 35.5. The van der Waals surface area contributed by atoms with E-state index in [-0.39, 0.29) is 36.1 Å². The third-order valence-electron chi connectivity index (χ3n) is 5.67. The first-order valence-corrected chi connectivity index (χ1v) is 11.8. The topological polar surface area (TPSA) is 68.4 Å². The van der Waals surface area contributed by atoms with Gasteiger partial charge in [-0.05, 0) is 75.0 Å². The number of hydrogen-bond donors (Lipinski definition) is 1. The Morgan fingerprint density at radius 1 is 1.09 bits per heavy atom. The summed E-state index contributed by atoms with van der Waals surface area (Å²) < 4.78 is 18.6. The van der Waals surface area contributed by atoms with E-state index in [2.05, 4.69) is 35.3 Å². The second kappa shape index (κ2) is 14.7. The third kappa shape index (κ3) is 8.98. The highest BCUT2D eigenvalue weighted by Gasteiger charge is 2.20. The van der Waals surface area contributed by atoms with Gasteiger partial charge in [0.2, 0.25) is 0 Å². The molecule has 0 bridgehead atoms. The molecule has 0 spiro atoms. The van der Waals surface area contributed by atoms with Gasteiger partial charge in [0.05, 0.1) is 12.6 Å². The van der Waals surface area contributed by atoms with Crippen LogP contribution in [0.4, 0.5) is 10.1 Å². The van der Waals surface area contributed by atoms with Gasteiger partial charge in [-0.2, -0.15) is 0 Å². The summed E-state index contributed by atoms with van der Waals surface area (Å²) >= 11 is 1.82. The number of fused-ring (bicyclic) bond motifs is 1. The summed E-state index contributed by atoms with van der Waals surface area (Å²) in [5, 5.41) is 4.58. The largest absolute Gasteiger partial charge is 0.494 e. The zero-order valence-corrected chi connectivity index (χ0v) is 21.3. The molecule has 2 aromatic carbocycles. The number of amidine groups is 1. The Labute approximate surface area is 212 Å². The van der Waals surface area contributed by atoms with E-state index >= 15 is 0 Å². The Hall–Kier alpha value is -1.51. The molecule has 0 unspecified atom stereocenters. The molecule has 0 saturated carbocycles. The van der Waals surface area contributed by atoms with Crippen molar-refractivity contribution in [3.8, 4) is 5.75 Å². The number of nitrogens with zero attached hydrogens (tertiary/aromatic N) is 2. The van der Waals surface area contributed by atoms with Crippen molar-refractivity contribution in [1.82, 2.24) is 4.90 Å². The maximum Gasteiger partial charge on any atom is 0.161 e. The number of halogens is 3. The number of piperidine rings is 1. The summed E-state index contributed by atoms with van der Waals surface area (Å²) in [5.41, 5.74) is 3.89. The van der Waals surface area contributed by atoms with E-state index in [9.17, 15) is 4.39 Å². The lowest BCUT2D eigenvalue weighted by atomic mass is 10.1. The van der Waals surface area contributed by atoms with Gasteiger partial charge >= 0.3 is 0 Å². The summed E-state index contributed by atoms with van der Waals surface area (Å²) in [4.78, 5) is 7.53. The van der Waals surface area contributed by atoms with Crippen LogP contribution in [0.3, 0.4) is 0 Å². The van der Waals surface area contributed by atoms with Gasteiger partial charge in [0, 0.05) is 24.5 Å². The normalized spacial score (nSPS) is 17.1. The van der Waals surface area contributed by atoms with Gasteiger partial charge in [0.1, 0.15) is 11.6 Å². The zero-order chi connectivity index (χ0) is 20.8. The predicted octanol–water partition coefficient (Wildman–Crippen LogP) is 5.49. The Balaban J connectivity index is 0.00000181. The van der Waals surface area contributed by atoms with Gasteiger partial charge < -0.3 is 20.4 Å². The number of aliphatic imine (C=N–C) groups is 1. The van der Waals surface area contributed by atoms with Crippen molar-refractivity contribution in [2.75, 3.05) is 31.6 Å². The quantitative estimate of drug-likeness (QED) is 0.492. The first-order chi connectivity index (χ1) is 14.7. The molecule has 0 atom stereocenters. The average molecular weight is 519 g/mol. The molecular weight excluding hydrogens is 484 g/mol. The van der Waals surface area contributed by atoms with Crippen LogP contribution in [-0.4, -0.2) is 47.8 Å². The Morgan fingerprint density at radius 3 is 2.55 bits per heavy atom. The molecule has 3 N–H and O–H groups in total. The fourth-order valence-corrected chi connectivity index (χ4v) is 4.86. The number of hydrogen-bond acceptors (Lipinski definition) is 4. The number of nitrogens with one attached hydrogen (secondary N) is 1. The van der Waals surface area contributed by atoms with Crippen molar-refractivity contribution in [3.63, 3.8) is 0 Å². The molecular formula is C24H34Cl2FN3O2S. The Bertz CT molecular complexity index is 879. The molecule has 0 aromatic heterocycles. The molecule has 9 heteroatoms. The van der Waals surface area contributed by atoms with E-state index in [1.165, 1.54) is 28.9 Å². The number of anilines is 1. The maximum atomic E-state index is 12.9.